The van der Waals surface area contributed by atoms with Crippen LogP contribution < -0.4 is 5.32 Å². The molecule has 2 aliphatic rings. The van der Waals surface area contributed by atoms with Gasteiger partial charge in [-0.3, -0.25) is 4.90 Å². The highest BCUT2D eigenvalue weighted by molar-refractivity contribution is 7.89. The molecular formula is C16H26ClN3O3S. The minimum absolute atomic E-state index is 0. The fourth-order valence-corrected chi connectivity index (χ4v) is 5.14. The van der Waals surface area contributed by atoms with E-state index in [9.17, 15) is 8.42 Å². The number of piperazine rings is 1. The molecule has 2 heterocycles. The van der Waals surface area contributed by atoms with E-state index >= 15 is 0 Å². The second-order valence-corrected chi connectivity index (χ2v) is 8.04. The smallest absolute Gasteiger partial charge is 0.243 e. The van der Waals surface area contributed by atoms with Gasteiger partial charge in [0.2, 0.25) is 10.0 Å². The number of sulfonamides is 1. The Hall–Kier alpha value is -0.700. The van der Waals surface area contributed by atoms with Crippen LogP contribution in [0.2, 0.25) is 0 Å². The van der Waals surface area contributed by atoms with Gasteiger partial charge in [-0.05, 0) is 18.1 Å². The number of ether oxygens (including phenoxy) is 1. The predicted molar refractivity (Wildman–Crippen MR) is 96.0 cm³/mol. The maximum atomic E-state index is 13.0. The van der Waals surface area contributed by atoms with E-state index in [-0.39, 0.29) is 12.4 Å². The summed E-state index contributed by atoms with van der Waals surface area (Å²) in [6, 6.07) is 7.46. The third-order valence-electron chi connectivity index (χ3n) is 4.68. The Morgan fingerprint density at radius 1 is 1.21 bits per heavy atom. The molecule has 1 aromatic carbocycles. The summed E-state index contributed by atoms with van der Waals surface area (Å²) in [5.41, 5.74) is 0.723. The Morgan fingerprint density at radius 2 is 1.92 bits per heavy atom. The summed E-state index contributed by atoms with van der Waals surface area (Å²) in [6.07, 6.45) is 0.908. The lowest BCUT2D eigenvalue weighted by Crippen LogP contribution is -2.49. The van der Waals surface area contributed by atoms with Crippen LogP contribution in [-0.4, -0.2) is 70.0 Å². The quantitative estimate of drug-likeness (QED) is 0.829. The average Bonchev–Trinajstić information content (AvgIpc) is 3.07. The summed E-state index contributed by atoms with van der Waals surface area (Å²) in [6.45, 7) is 5.46. The molecule has 3 rings (SSSR count). The molecule has 24 heavy (non-hydrogen) atoms. The molecule has 6 nitrogen and oxygen atoms in total. The summed E-state index contributed by atoms with van der Waals surface area (Å²) in [5, 5.41) is 3.34. The number of nitrogens with zero attached hydrogens (tertiary/aromatic N) is 2. The zero-order valence-corrected chi connectivity index (χ0v) is 15.6. The van der Waals surface area contributed by atoms with E-state index < -0.39 is 10.0 Å². The maximum Gasteiger partial charge on any atom is 0.243 e. The van der Waals surface area contributed by atoms with Crippen LogP contribution in [0.3, 0.4) is 0 Å². The van der Waals surface area contributed by atoms with E-state index in [1.807, 2.05) is 12.1 Å². The van der Waals surface area contributed by atoms with Gasteiger partial charge in [-0.25, -0.2) is 8.42 Å². The van der Waals surface area contributed by atoms with Crippen LogP contribution in [0.4, 0.5) is 0 Å². The molecule has 0 saturated carbocycles. The number of nitrogens with one attached hydrogen (secondary N) is 1. The van der Waals surface area contributed by atoms with Gasteiger partial charge in [-0.1, -0.05) is 18.2 Å². The molecule has 0 bridgehead atoms. The fourth-order valence-electron chi connectivity index (χ4n) is 3.44. The first-order valence-electron chi connectivity index (χ1n) is 8.14. The highest BCUT2D eigenvalue weighted by Crippen LogP contribution is 2.26. The van der Waals surface area contributed by atoms with Gasteiger partial charge in [0.1, 0.15) is 0 Å². The Labute approximate surface area is 150 Å². The SMILES string of the molecule is COCc1ccccc1S(=O)(=O)N1CCC(N2CCNCC2)C1.Cl. The standard InChI is InChI=1S/C16H25N3O3S.ClH/c1-22-13-14-4-2-3-5-16(14)23(20,21)19-9-6-15(12-19)18-10-7-17-8-11-18;/h2-5,15,17H,6-13H2,1H3;1H. The number of hydrogen-bond donors (Lipinski definition) is 1. The molecule has 0 spiro atoms. The largest absolute Gasteiger partial charge is 0.380 e. The van der Waals surface area contributed by atoms with Gasteiger partial charge in [0, 0.05) is 52.4 Å². The summed E-state index contributed by atoms with van der Waals surface area (Å²) in [5.74, 6) is 0. The van der Waals surface area contributed by atoms with Crippen molar-refractivity contribution < 1.29 is 13.2 Å². The molecule has 1 atom stereocenters. The van der Waals surface area contributed by atoms with Gasteiger partial charge < -0.3 is 10.1 Å². The Balaban J connectivity index is 0.00000208. The highest BCUT2D eigenvalue weighted by atomic mass is 35.5. The monoisotopic (exact) mass is 375 g/mol. The molecular weight excluding hydrogens is 350 g/mol. The lowest BCUT2D eigenvalue weighted by Gasteiger charge is -2.32. The van der Waals surface area contributed by atoms with Crippen LogP contribution in [0, 0.1) is 0 Å². The van der Waals surface area contributed by atoms with E-state index in [1.54, 1.807) is 23.5 Å². The number of methoxy groups -OCH3 is 1. The normalized spacial score (nSPS) is 23.1. The van der Waals surface area contributed by atoms with Crippen LogP contribution >= 0.6 is 12.4 Å². The topological polar surface area (TPSA) is 61.9 Å². The number of hydrogen-bond acceptors (Lipinski definition) is 5. The van der Waals surface area contributed by atoms with Crippen molar-refractivity contribution in [2.24, 2.45) is 0 Å². The van der Waals surface area contributed by atoms with E-state index in [2.05, 4.69) is 10.2 Å². The van der Waals surface area contributed by atoms with Crippen molar-refractivity contribution in [3.8, 4) is 0 Å². The number of halogens is 1. The van der Waals surface area contributed by atoms with Crippen LogP contribution in [0.1, 0.15) is 12.0 Å². The molecule has 8 heteroatoms. The van der Waals surface area contributed by atoms with Crippen LogP contribution in [0.5, 0.6) is 0 Å². The van der Waals surface area contributed by atoms with Crippen molar-refractivity contribution in [1.82, 2.24) is 14.5 Å². The van der Waals surface area contributed by atoms with Crippen molar-refractivity contribution in [3.05, 3.63) is 29.8 Å². The van der Waals surface area contributed by atoms with Crippen LogP contribution in [0.15, 0.2) is 29.2 Å². The summed E-state index contributed by atoms with van der Waals surface area (Å²) < 4.78 is 32.8. The number of benzene rings is 1. The minimum atomic E-state index is -3.45. The molecule has 0 amide bonds. The van der Waals surface area contributed by atoms with Crippen molar-refractivity contribution in [2.75, 3.05) is 46.4 Å². The molecule has 136 valence electrons. The van der Waals surface area contributed by atoms with Crippen LogP contribution in [-0.2, 0) is 21.4 Å². The molecule has 1 N–H and O–H groups in total. The highest BCUT2D eigenvalue weighted by Gasteiger charge is 2.36. The van der Waals surface area contributed by atoms with Crippen molar-refractivity contribution >= 4 is 22.4 Å². The summed E-state index contributed by atoms with van der Waals surface area (Å²) >= 11 is 0. The second kappa shape index (κ2) is 8.60. The van der Waals surface area contributed by atoms with Gasteiger partial charge in [0.25, 0.3) is 0 Å². The van der Waals surface area contributed by atoms with E-state index in [0.717, 1.165) is 38.2 Å². The zero-order valence-electron chi connectivity index (χ0n) is 14.0. The van der Waals surface area contributed by atoms with E-state index in [1.165, 1.54) is 0 Å². The average molecular weight is 376 g/mol. The molecule has 0 aromatic heterocycles. The zero-order chi connectivity index (χ0) is 16.3. The molecule has 1 aromatic rings. The second-order valence-electron chi connectivity index (χ2n) is 6.13. The van der Waals surface area contributed by atoms with Crippen LogP contribution in [0.25, 0.3) is 0 Å². The Bertz CT molecular complexity index is 635. The molecule has 1 unspecified atom stereocenters. The minimum Gasteiger partial charge on any atom is -0.380 e. The first-order chi connectivity index (χ1) is 11.1. The summed E-state index contributed by atoms with van der Waals surface area (Å²) in [7, 11) is -1.87. The fraction of sp³-hybridized carbons (Fsp3) is 0.625. The van der Waals surface area contributed by atoms with E-state index in [0.29, 0.717) is 30.6 Å². The van der Waals surface area contributed by atoms with Crippen molar-refractivity contribution in [1.29, 1.82) is 0 Å². The van der Waals surface area contributed by atoms with Gasteiger partial charge in [-0.15, -0.1) is 12.4 Å². The third-order valence-corrected chi connectivity index (χ3v) is 6.65. The van der Waals surface area contributed by atoms with Crippen molar-refractivity contribution in [2.45, 2.75) is 24.0 Å². The third kappa shape index (κ3) is 4.09. The maximum absolute atomic E-state index is 13.0. The predicted octanol–water partition coefficient (Wildman–Crippen LogP) is 0.923. The Kier molecular flexibility index (Phi) is 7.03. The molecule has 2 aliphatic heterocycles. The molecule has 0 aliphatic carbocycles. The molecule has 2 fully saturated rings. The van der Waals surface area contributed by atoms with E-state index in [4.69, 9.17) is 4.74 Å². The van der Waals surface area contributed by atoms with Gasteiger partial charge in [0.15, 0.2) is 0 Å². The first-order valence-corrected chi connectivity index (χ1v) is 9.58. The first kappa shape index (κ1) is 19.6. The lowest BCUT2D eigenvalue weighted by atomic mass is 10.2. The summed E-state index contributed by atoms with van der Waals surface area (Å²) in [4.78, 5) is 2.79. The van der Waals surface area contributed by atoms with Crippen molar-refractivity contribution in [3.63, 3.8) is 0 Å². The van der Waals surface area contributed by atoms with Gasteiger partial charge in [-0.2, -0.15) is 4.31 Å². The van der Waals surface area contributed by atoms with Gasteiger partial charge in [0.05, 0.1) is 11.5 Å². The molecule has 0 radical (unpaired) electrons. The Morgan fingerprint density at radius 3 is 2.62 bits per heavy atom. The van der Waals surface area contributed by atoms with Gasteiger partial charge >= 0.3 is 0 Å². The molecule has 2 saturated heterocycles. The lowest BCUT2D eigenvalue weighted by molar-refractivity contribution is 0.179. The number of rotatable bonds is 5.